The summed E-state index contributed by atoms with van der Waals surface area (Å²) >= 11 is 0. The van der Waals surface area contributed by atoms with Crippen LogP contribution in [0, 0.1) is 0 Å². The van der Waals surface area contributed by atoms with E-state index in [1.165, 1.54) is 0 Å². The maximum Gasteiger partial charge on any atom is 0 e. The number of hydrogen-bond donors (Lipinski definition) is 0. The first-order chi connectivity index (χ1) is 0. The van der Waals surface area contributed by atoms with Crippen LogP contribution in [0.3, 0.4) is 0 Å². The van der Waals surface area contributed by atoms with Gasteiger partial charge in [0.15, 0.2) is 0 Å². The van der Waals surface area contributed by atoms with Gasteiger partial charge in [-0.25, -0.2) is 0 Å². The van der Waals surface area contributed by atoms with Gasteiger partial charge in [0.2, 0.25) is 0 Å². The van der Waals surface area contributed by atoms with E-state index in [1.54, 1.807) is 0 Å². The van der Waals surface area contributed by atoms with Crippen molar-refractivity contribution >= 4 is 78.8 Å². The molecule has 0 fully saturated rings. The fraction of sp³-hybridized carbons (Fsp3) is 0. The van der Waals surface area contributed by atoms with Crippen LogP contribution in [0.15, 0.2) is 0 Å². The van der Waals surface area contributed by atoms with E-state index in [-0.39, 0.29) is 105 Å². The van der Waals surface area contributed by atoms with Gasteiger partial charge in [0.25, 0.3) is 0 Å². The summed E-state index contributed by atoms with van der Waals surface area (Å²) in [4.78, 5) is 0. The zero-order valence-electron chi connectivity index (χ0n) is 2.62. The summed E-state index contributed by atoms with van der Waals surface area (Å²) in [6, 6.07) is 0. The van der Waals surface area contributed by atoms with Crippen LogP contribution in [-0.2, 0) is 21.1 Å². The van der Waals surface area contributed by atoms with Crippen LogP contribution in [0.5, 0.6) is 0 Å². The van der Waals surface area contributed by atoms with E-state index in [2.05, 4.69) is 0 Å². The van der Waals surface area contributed by atoms with Gasteiger partial charge in [-0.2, -0.15) is 9.90 Å². The molecule has 0 saturated heterocycles. The van der Waals surface area contributed by atoms with Crippen molar-refractivity contribution in [3.05, 3.63) is 0 Å². The summed E-state index contributed by atoms with van der Waals surface area (Å²) in [5, 5.41) is 0. The molecule has 1 radical (unpaired) electrons. The molecular weight excluding hydrogens is 364 g/mol. The number of rotatable bonds is 0. The van der Waals surface area contributed by atoms with Gasteiger partial charge in [0, 0.05) is 90.0 Å². The van der Waals surface area contributed by atoms with Crippen molar-refractivity contribution in [2.45, 2.75) is 0 Å². The van der Waals surface area contributed by atoms with E-state index < -0.39 is 0 Å². The molecule has 0 aromatic rings. The average molecular weight is 369 g/mol. The minimum absolute atomic E-state index is 0. The third-order valence-electron chi connectivity index (χ3n) is 0. The van der Waals surface area contributed by atoms with Crippen LogP contribution in [-0.4, -0.2) is 74.4 Å². The Kier molecular flexibility index (Phi) is 113. The van der Waals surface area contributed by atoms with Gasteiger partial charge in [-0.05, 0) is 0 Å². The summed E-state index contributed by atoms with van der Waals surface area (Å²) in [5.41, 5.74) is 0. The third-order valence-corrected chi connectivity index (χ3v) is 0. The second-order valence-corrected chi connectivity index (χ2v) is 0. The Labute approximate surface area is 102 Å². The Balaban J connectivity index is 0. The van der Waals surface area contributed by atoms with Crippen LogP contribution in [0.4, 0.5) is 0 Å². The molecule has 0 saturated carbocycles. The van der Waals surface area contributed by atoms with Gasteiger partial charge in [0.1, 0.15) is 0 Å². The smallest absolute Gasteiger partial charge is 0 e. The van der Waals surface area contributed by atoms with Crippen LogP contribution >= 0.6 is 9.90 Å². The average Bonchev–Trinajstić information content (AvgIpc) is 0. The monoisotopic (exact) mass is 369 g/mol. The van der Waals surface area contributed by atoms with Crippen LogP contribution in [0.25, 0.3) is 0 Å². The first-order valence-corrected chi connectivity index (χ1v) is 0. The first kappa shape index (κ1) is 27.3. The van der Waals surface area contributed by atoms with Gasteiger partial charge in [-0.1, -0.05) is 0 Å². The molecular formula is H5CsOPW. The Bertz CT molecular complexity index is 8.00. The minimum atomic E-state index is 0. The Morgan fingerprint density at radius 1 is 1.00 bits per heavy atom. The van der Waals surface area contributed by atoms with E-state index in [4.69, 9.17) is 0 Å². The Hall–Kier alpha value is 3.13. The van der Waals surface area contributed by atoms with Gasteiger partial charge >= 0.3 is 0 Å². The Morgan fingerprint density at radius 3 is 1.00 bits per heavy atom. The molecule has 4 heavy (non-hydrogen) atoms. The minimum Gasteiger partial charge on any atom is -0.412 e. The van der Waals surface area contributed by atoms with Gasteiger partial charge < -0.3 is 5.48 Å². The molecule has 0 amide bonds. The van der Waals surface area contributed by atoms with Crippen molar-refractivity contribution in [2.75, 3.05) is 0 Å². The molecule has 4 heteroatoms. The summed E-state index contributed by atoms with van der Waals surface area (Å²) < 4.78 is 0. The quantitative estimate of drug-likeness (QED) is 0.484. The third kappa shape index (κ3) is 8.93. The van der Waals surface area contributed by atoms with Gasteiger partial charge in [0.05, 0.1) is 0 Å². The summed E-state index contributed by atoms with van der Waals surface area (Å²) in [7, 11) is 0. The Morgan fingerprint density at radius 2 is 1.00 bits per heavy atom. The molecule has 1 unspecified atom stereocenters. The second kappa shape index (κ2) is 16.5. The standard InChI is InChI=1S/Cs.H2O.H3P.W/h;1H2;1H3;. The molecule has 0 aromatic heterocycles. The predicted molar refractivity (Wildman–Crippen MR) is 20.5 cm³/mol. The SMILES string of the molecule is O.P.[Cs].[W]. The van der Waals surface area contributed by atoms with Crippen molar-refractivity contribution < 1.29 is 26.5 Å². The van der Waals surface area contributed by atoms with Crippen molar-refractivity contribution in [1.29, 1.82) is 0 Å². The molecule has 0 heterocycles. The molecule has 0 aliphatic carbocycles. The molecule has 0 aromatic carbocycles. The van der Waals surface area contributed by atoms with E-state index in [0.29, 0.717) is 0 Å². The molecule has 2 N–H and O–H groups in total. The molecule has 0 aliphatic rings. The zero-order chi connectivity index (χ0) is 0. The molecule has 0 aliphatic heterocycles. The maximum atomic E-state index is 0. The van der Waals surface area contributed by atoms with E-state index in [9.17, 15) is 0 Å². The van der Waals surface area contributed by atoms with E-state index in [0.717, 1.165) is 0 Å². The summed E-state index contributed by atoms with van der Waals surface area (Å²) in [6.45, 7) is 0. The van der Waals surface area contributed by atoms with E-state index in [1.807, 2.05) is 0 Å². The molecule has 0 rings (SSSR count). The van der Waals surface area contributed by atoms with E-state index >= 15 is 0 Å². The van der Waals surface area contributed by atoms with Crippen LogP contribution < -0.4 is 0 Å². The fourth-order valence-corrected chi connectivity index (χ4v) is 0. The molecule has 0 spiro atoms. The van der Waals surface area contributed by atoms with Crippen molar-refractivity contribution in [3.63, 3.8) is 0 Å². The topological polar surface area (TPSA) is 31.5 Å². The second-order valence-electron chi connectivity index (χ2n) is 0. The summed E-state index contributed by atoms with van der Waals surface area (Å²) in [5.74, 6) is 0. The summed E-state index contributed by atoms with van der Waals surface area (Å²) in [6.07, 6.45) is 0. The van der Waals surface area contributed by atoms with Crippen molar-refractivity contribution in [3.8, 4) is 0 Å². The fourth-order valence-electron chi connectivity index (χ4n) is 0. The normalized spacial score (nSPS) is 0. The molecule has 23 valence electrons. The first-order valence-electron chi connectivity index (χ1n) is 0. The van der Waals surface area contributed by atoms with Gasteiger partial charge in [-0.3, -0.25) is 0 Å². The van der Waals surface area contributed by atoms with Gasteiger partial charge in [-0.15, -0.1) is 0 Å². The maximum absolute atomic E-state index is 0. The molecule has 1 atom stereocenters. The molecule has 0 bridgehead atoms. The number of hydrogen-bond acceptors (Lipinski definition) is 0. The van der Waals surface area contributed by atoms with Crippen LogP contribution in [0.2, 0.25) is 0 Å². The van der Waals surface area contributed by atoms with Crippen molar-refractivity contribution in [1.82, 2.24) is 0 Å². The van der Waals surface area contributed by atoms with Crippen LogP contribution in [0.1, 0.15) is 0 Å². The zero-order valence-corrected chi connectivity index (χ0v) is 13.2. The molecule has 1 nitrogen and oxygen atoms in total. The predicted octanol–water partition coefficient (Wildman–Crippen LogP) is -1.15. The largest absolute Gasteiger partial charge is 0.412 e. The van der Waals surface area contributed by atoms with Crippen molar-refractivity contribution in [2.24, 2.45) is 0 Å².